The fourth-order valence-corrected chi connectivity index (χ4v) is 7.11. The molecule has 2 heteroatoms. The van der Waals surface area contributed by atoms with Crippen molar-refractivity contribution in [3.05, 3.63) is 29.3 Å². The number of thioether (sulfide) groups is 1. The number of fused-ring (bicyclic) bond motifs is 5. The molecule has 1 N–H and O–H groups in total. The summed E-state index contributed by atoms with van der Waals surface area (Å²) in [6.07, 6.45) is 10.4. The molecule has 1 aromatic rings. The van der Waals surface area contributed by atoms with Gasteiger partial charge in [-0.2, -0.15) is 11.8 Å². The molecule has 1 nitrogen and oxygen atoms in total. The molecule has 114 valence electrons. The molecule has 5 atom stereocenters. The average Bonchev–Trinajstić information content (AvgIpc) is 2.83. The van der Waals surface area contributed by atoms with Gasteiger partial charge in [0.15, 0.2) is 0 Å². The topological polar surface area (TPSA) is 20.2 Å². The second-order valence-electron chi connectivity index (χ2n) is 7.64. The van der Waals surface area contributed by atoms with E-state index in [2.05, 4.69) is 31.0 Å². The smallest absolute Gasteiger partial charge is 0.115 e. The van der Waals surface area contributed by atoms with Gasteiger partial charge in [-0.1, -0.05) is 13.0 Å². The normalized spacial score (nSPS) is 41.2. The maximum Gasteiger partial charge on any atom is 0.115 e. The molecule has 0 bridgehead atoms. The first-order valence-corrected chi connectivity index (χ1v) is 9.77. The van der Waals surface area contributed by atoms with E-state index in [1.165, 1.54) is 44.1 Å². The van der Waals surface area contributed by atoms with Crippen molar-refractivity contribution in [1.82, 2.24) is 0 Å². The number of phenols is 1. The highest BCUT2D eigenvalue weighted by Crippen LogP contribution is 2.62. The van der Waals surface area contributed by atoms with Gasteiger partial charge < -0.3 is 5.11 Å². The number of hydrogen-bond acceptors (Lipinski definition) is 2. The minimum atomic E-state index is 0.441. The van der Waals surface area contributed by atoms with Crippen molar-refractivity contribution in [1.29, 1.82) is 0 Å². The van der Waals surface area contributed by atoms with Crippen LogP contribution in [0.25, 0.3) is 0 Å². The van der Waals surface area contributed by atoms with Crippen LogP contribution in [0, 0.1) is 17.3 Å². The first kappa shape index (κ1) is 14.0. The Kier molecular flexibility index (Phi) is 3.29. The lowest BCUT2D eigenvalue weighted by molar-refractivity contribution is 0.0631. The molecule has 4 rings (SSSR count). The predicted molar refractivity (Wildman–Crippen MR) is 90.0 cm³/mol. The molecule has 3 aliphatic carbocycles. The van der Waals surface area contributed by atoms with Gasteiger partial charge in [-0.3, -0.25) is 0 Å². The minimum absolute atomic E-state index is 0.441. The summed E-state index contributed by atoms with van der Waals surface area (Å²) < 4.78 is 0. The lowest BCUT2D eigenvalue weighted by Gasteiger charge is -2.50. The number of benzene rings is 1. The van der Waals surface area contributed by atoms with Gasteiger partial charge in [0, 0.05) is 5.25 Å². The summed E-state index contributed by atoms with van der Waals surface area (Å²) in [5.74, 6) is 3.01. The summed E-state index contributed by atoms with van der Waals surface area (Å²) in [4.78, 5) is 0. The Morgan fingerprint density at radius 2 is 2.05 bits per heavy atom. The first-order valence-electron chi connectivity index (χ1n) is 8.48. The Bertz CT molecular complexity index is 554. The van der Waals surface area contributed by atoms with E-state index in [-0.39, 0.29) is 0 Å². The van der Waals surface area contributed by atoms with Crippen LogP contribution < -0.4 is 0 Å². The Morgan fingerprint density at radius 3 is 2.86 bits per heavy atom. The summed E-state index contributed by atoms with van der Waals surface area (Å²) in [5, 5.41) is 10.6. The lowest BCUT2D eigenvalue weighted by atomic mass is 9.56. The van der Waals surface area contributed by atoms with Crippen molar-refractivity contribution in [3.8, 4) is 5.75 Å². The van der Waals surface area contributed by atoms with Crippen LogP contribution in [0.15, 0.2) is 18.2 Å². The van der Waals surface area contributed by atoms with Crippen LogP contribution in [0.3, 0.4) is 0 Å². The third kappa shape index (κ3) is 1.98. The third-order valence-corrected chi connectivity index (χ3v) is 8.25. The van der Waals surface area contributed by atoms with Gasteiger partial charge in [0.1, 0.15) is 5.75 Å². The third-order valence-electron chi connectivity index (χ3n) is 6.91. The van der Waals surface area contributed by atoms with Gasteiger partial charge in [-0.05, 0) is 91.2 Å². The zero-order valence-electron chi connectivity index (χ0n) is 13.1. The van der Waals surface area contributed by atoms with Crippen LogP contribution in [0.2, 0.25) is 0 Å². The molecule has 0 aliphatic heterocycles. The van der Waals surface area contributed by atoms with Gasteiger partial charge in [-0.15, -0.1) is 0 Å². The monoisotopic (exact) mass is 302 g/mol. The molecule has 0 aromatic heterocycles. The Morgan fingerprint density at radius 1 is 1.19 bits per heavy atom. The lowest BCUT2D eigenvalue weighted by Crippen LogP contribution is -2.43. The Labute approximate surface area is 132 Å². The Hall–Kier alpha value is -0.630. The van der Waals surface area contributed by atoms with Crippen LogP contribution in [0.4, 0.5) is 0 Å². The summed E-state index contributed by atoms with van der Waals surface area (Å²) in [7, 11) is 0. The highest BCUT2D eigenvalue weighted by molar-refractivity contribution is 7.99. The number of hydrogen-bond donors (Lipinski definition) is 1. The SMILES string of the molecule is CS[C@H]1CC[C@H]2[C@H]3CCc4cc(O)ccc4[C@@H]3CC[C@@]12C. The molecule has 1 aromatic carbocycles. The van der Waals surface area contributed by atoms with Crippen LogP contribution in [-0.4, -0.2) is 16.6 Å². The van der Waals surface area contributed by atoms with Gasteiger partial charge in [-0.25, -0.2) is 0 Å². The maximum absolute atomic E-state index is 9.74. The summed E-state index contributed by atoms with van der Waals surface area (Å²) in [6, 6.07) is 6.12. The molecule has 0 saturated heterocycles. The van der Waals surface area contributed by atoms with Crippen molar-refractivity contribution >= 4 is 11.8 Å². The van der Waals surface area contributed by atoms with Crippen molar-refractivity contribution in [3.63, 3.8) is 0 Å². The predicted octanol–water partition coefficient (Wildman–Crippen LogP) is 4.98. The molecular formula is C19H26OS. The van der Waals surface area contributed by atoms with Gasteiger partial charge in [0.2, 0.25) is 0 Å². The fourth-order valence-electron chi connectivity index (χ4n) is 5.91. The van der Waals surface area contributed by atoms with Crippen molar-refractivity contribution in [2.75, 3.05) is 6.26 Å². The number of aromatic hydroxyl groups is 1. The summed E-state index contributed by atoms with van der Waals surface area (Å²) in [5.41, 5.74) is 3.55. The van der Waals surface area contributed by atoms with Crippen molar-refractivity contribution in [2.24, 2.45) is 17.3 Å². The summed E-state index contributed by atoms with van der Waals surface area (Å²) >= 11 is 2.11. The quantitative estimate of drug-likeness (QED) is 0.789. The van der Waals surface area contributed by atoms with Crippen LogP contribution in [0.1, 0.15) is 56.1 Å². The molecule has 0 unspecified atom stereocenters. The molecule has 0 heterocycles. The van der Waals surface area contributed by atoms with Crippen molar-refractivity contribution in [2.45, 2.75) is 56.6 Å². The van der Waals surface area contributed by atoms with Gasteiger partial charge >= 0.3 is 0 Å². The van der Waals surface area contributed by atoms with E-state index in [4.69, 9.17) is 0 Å². The largest absolute Gasteiger partial charge is 0.508 e. The Balaban J connectivity index is 1.68. The molecule has 2 saturated carbocycles. The molecule has 0 radical (unpaired) electrons. The first-order chi connectivity index (χ1) is 10.1. The van der Waals surface area contributed by atoms with E-state index < -0.39 is 0 Å². The van der Waals surface area contributed by atoms with Gasteiger partial charge in [0.05, 0.1) is 0 Å². The minimum Gasteiger partial charge on any atom is -0.508 e. The molecule has 2 fully saturated rings. The second-order valence-corrected chi connectivity index (χ2v) is 8.69. The van der Waals surface area contributed by atoms with Crippen molar-refractivity contribution < 1.29 is 5.11 Å². The molecule has 21 heavy (non-hydrogen) atoms. The molecule has 3 aliphatic rings. The van der Waals surface area contributed by atoms with E-state index in [0.717, 1.165) is 23.0 Å². The van der Waals surface area contributed by atoms with E-state index in [0.29, 0.717) is 11.2 Å². The maximum atomic E-state index is 9.74. The molecular weight excluding hydrogens is 276 g/mol. The van der Waals surface area contributed by atoms with Crippen LogP contribution >= 0.6 is 11.8 Å². The number of aryl methyl sites for hydroxylation is 1. The number of rotatable bonds is 1. The highest BCUT2D eigenvalue weighted by atomic mass is 32.2. The van der Waals surface area contributed by atoms with E-state index in [1.54, 1.807) is 5.56 Å². The van der Waals surface area contributed by atoms with E-state index >= 15 is 0 Å². The molecule has 0 amide bonds. The highest BCUT2D eigenvalue weighted by Gasteiger charge is 2.54. The summed E-state index contributed by atoms with van der Waals surface area (Å²) in [6.45, 7) is 2.58. The zero-order chi connectivity index (χ0) is 14.6. The van der Waals surface area contributed by atoms with Crippen LogP contribution in [0.5, 0.6) is 5.75 Å². The zero-order valence-corrected chi connectivity index (χ0v) is 14.0. The average molecular weight is 302 g/mol. The fraction of sp³-hybridized carbons (Fsp3) is 0.684. The van der Waals surface area contributed by atoms with Gasteiger partial charge in [0.25, 0.3) is 0 Å². The van der Waals surface area contributed by atoms with Crippen LogP contribution in [-0.2, 0) is 6.42 Å². The second kappa shape index (κ2) is 4.94. The standard InChI is InChI=1S/C19H26OS/c1-19-10-9-15-14-6-4-13(20)11-12(14)3-5-16(15)17(19)7-8-18(19)21-2/h4,6,11,15-18,20H,3,5,7-10H2,1-2H3/t15-,16-,17-,18-,19+/m0/s1. The van der Waals surface area contributed by atoms with E-state index in [1.807, 2.05) is 12.1 Å². The molecule has 0 spiro atoms. The number of phenolic OH excluding ortho intramolecular Hbond substituents is 1. The van der Waals surface area contributed by atoms with E-state index in [9.17, 15) is 5.11 Å².